The minimum absolute atomic E-state index is 0.591. The molecule has 0 aromatic carbocycles. The Morgan fingerprint density at radius 2 is 1.95 bits per heavy atom. The van der Waals surface area contributed by atoms with Gasteiger partial charge in [0.15, 0.2) is 0 Å². The Bertz CT molecular complexity index is 418. The summed E-state index contributed by atoms with van der Waals surface area (Å²) in [5.41, 5.74) is 7.68. The standard InChI is InChI=1S/C14H25BrN4/c1-10(2)9-19(7-6-18(4)5)14-13(15)11(3)12(16)8-17-14/h8,10H,6-7,9,16H2,1-5H3. The lowest BCUT2D eigenvalue weighted by Crippen LogP contribution is -2.35. The van der Waals surface area contributed by atoms with Gasteiger partial charge in [0.05, 0.1) is 16.4 Å². The molecule has 5 heteroatoms. The second kappa shape index (κ2) is 7.10. The number of anilines is 2. The molecule has 0 aliphatic carbocycles. The SMILES string of the molecule is Cc1c(N)cnc(N(CCN(C)C)CC(C)C)c1Br. The highest BCUT2D eigenvalue weighted by atomic mass is 79.9. The predicted octanol–water partition coefficient (Wildman–Crippen LogP) is 2.76. The fourth-order valence-electron chi connectivity index (χ4n) is 1.84. The molecule has 0 spiro atoms. The summed E-state index contributed by atoms with van der Waals surface area (Å²) in [7, 11) is 4.18. The van der Waals surface area contributed by atoms with Crippen molar-refractivity contribution in [3.8, 4) is 0 Å². The Labute approximate surface area is 125 Å². The van der Waals surface area contributed by atoms with Gasteiger partial charge in [0, 0.05) is 19.6 Å². The third kappa shape index (κ3) is 4.66. The van der Waals surface area contributed by atoms with E-state index in [4.69, 9.17) is 5.73 Å². The molecular formula is C14H25BrN4. The summed E-state index contributed by atoms with van der Waals surface area (Å²) in [4.78, 5) is 9.01. The maximum absolute atomic E-state index is 5.89. The van der Waals surface area contributed by atoms with Crippen molar-refractivity contribution >= 4 is 27.4 Å². The summed E-state index contributed by atoms with van der Waals surface area (Å²) >= 11 is 3.63. The van der Waals surface area contributed by atoms with E-state index in [1.54, 1.807) is 6.20 Å². The van der Waals surface area contributed by atoms with E-state index in [-0.39, 0.29) is 0 Å². The third-order valence-corrected chi connectivity index (χ3v) is 3.94. The van der Waals surface area contributed by atoms with Crippen molar-refractivity contribution < 1.29 is 0 Å². The summed E-state index contributed by atoms with van der Waals surface area (Å²) in [5, 5.41) is 0. The highest BCUT2D eigenvalue weighted by Gasteiger charge is 2.16. The van der Waals surface area contributed by atoms with E-state index in [9.17, 15) is 0 Å². The second-order valence-corrected chi connectivity index (χ2v) is 6.41. The number of aromatic nitrogens is 1. The van der Waals surface area contributed by atoms with Crippen LogP contribution >= 0.6 is 15.9 Å². The number of rotatable bonds is 6. The molecule has 2 N–H and O–H groups in total. The van der Waals surface area contributed by atoms with E-state index in [1.165, 1.54) is 0 Å². The van der Waals surface area contributed by atoms with Crippen molar-refractivity contribution in [1.82, 2.24) is 9.88 Å². The van der Waals surface area contributed by atoms with Gasteiger partial charge < -0.3 is 15.5 Å². The van der Waals surface area contributed by atoms with Crippen molar-refractivity contribution in [3.63, 3.8) is 0 Å². The van der Waals surface area contributed by atoms with Gasteiger partial charge in [-0.3, -0.25) is 0 Å². The van der Waals surface area contributed by atoms with Crippen LogP contribution in [0, 0.1) is 12.8 Å². The van der Waals surface area contributed by atoms with Gasteiger partial charge in [0.1, 0.15) is 5.82 Å². The smallest absolute Gasteiger partial charge is 0.143 e. The van der Waals surface area contributed by atoms with E-state index in [0.717, 1.165) is 41.2 Å². The molecule has 1 heterocycles. The molecule has 0 saturated carbocycles. The minimum atomic E-state index is 0.591. The molecule has 0 bridgehead atoms. The molecule has 0 radical (unpaired) electrons. The number of pyridine rings is 1. The summed E-state index contributed by atoms with van der Waals surface area (Å²) in [5.74, 6) is 1.58. The van der Waals surface area contributed by atoms with Gasteiger partial charge in [-0.15, -0.1) is 0 Å². The van der Waals surface area contributed by atoms with Crippen molar-refractivity contribution in [1.29, 1.82) is 0 Å². The fraction of sp³-hybridized carbons (Fsp3) is 0.643. The Morgan fingerprint density at radius 1 is 1.32 bits per heavy atom. The molecule has 0 fully saturated rings. The van der Waals surface area contributed by atoms with Crippen LogP contribution < -0.4 is 10.6 Å². The summed E-state index contributed by atoms with van der Waals surface area (Å²) in [6.07, 6.45) is 1.75. The van der Waals surface area contributed by atoms with Gasteiger partial charge in [-0.05, 0) is 48.4 Å². The first-order valence-electron chi connectivity index (χ1n) is 6.63. The molecule has 0 amide bonds. The van der Waals surface area contributed by atoms with Crippen LogP contribution in [-0.4, -0.2) is 43.6 Å². The fourth-order valence-corrected chi connectivity index (χ4v) is 2.43. The van der Waals surface area contributed by atoms with E-state index in [0.29, 0.717) is 5.92 Å². The normalized spacial score (nSPS) is 11.4. The summed E-state index contributed by atoms with van der Waals surface area (Å²) in [6.45, 7) is 9.42. The van der Waals surface area contributed by atoms with E-state index in [1.807, 2.05) is 6.92 Å². The zero-order chi connectivity index (χ0) is 14.6. The molecule has 1 aromatic heterocycles. The van der Waals surface area contributed by atoms with E-state index >= 15 is 0 Å². The molecule has 19 heavy (non-hydrogen) atoms. The lowest BCUT2D eigenvalue weighted by molar-refractivity contribution is 0.408. The Hall–Kier alpha value is -0.810. The van der Waals surface area contributed by atoms with Crippen molar-refractivity contribution in [2.45, 2.75) is 20.8 Å². The number of halogens is 1. The van der Waals surface area contributed by atoms with E-state index < -0.39 is 0 Å². The molecule has 108 valence electrons. The summed E-state index contributed by atoms with van der Waals surface area (Å²) in [6, 6.07) is 0. The van der Waals surface area contributed by atoms with Crippen molar-refractivity contribution in [3.05, 3.63) is 16.2 Å². The largest absolute Gasteiger partial charge is 0.397 e. The van der Waals surface area contributed by atoms with Crippen LogP contribution in [0.5, 0.6) is 0 Å². The average molecular weight is 329 g/mol. The predicted molar refractivity (Wildman–Crippen MR) is 86.7 cm³/mol. The number of nitrogen functional groups attached to an aromatic ring is 1. The van der Waals surface area contributed by atoms with Crippen LogP contribution in [0.2, 0.25) is 0 Å². The molecule has 0 saturated heterocycles. The first-order chi connectivity index (χ1) is 8.82. The first-order valence-corrected chi connectivity index (χ1v) is 7.42. The molecule has 4 nitrogen and oxygen atoms in total. The molecular weight excluding hydrogens is 304 g/mol. The molecule has 0 aliphatic heterocycles. The molecule has 0 unspecified atom stereocenters. The zero-order valence-electron chi connectivity index (χ0n) is 12.6. The molecule has 1 rings (SSSR count). The monoisotopic (exact) mass is 328 g/mol. The Morgan fingerprint density at radius 3 is 2.47 bits per heavy atom. The number of nitrogens with zero attached hydrogens (tertiary/aromatic N) is 3. The minimum Gasteiger partial charge on any atom is -0.397 e. The first kappa shape index (κ1) is 16.2. The molecule has 0 atom stereocenters. The van der Waals surface area contributed by atoms with Crippen molar-refractivity contribution in [2.24, 2.45) is 5.92 Å². The summed E-state index contributed by atoms with van der Waals surface area (Å²) < 4.78 is 1.01. The number of nitrogens with two attached hydrogens (primary N) is 1. The average Bonchev–Trinajstić information content (AvgIpc) is 2.31. The van der Waals surface area contributed by atoms with Gasteiger partial charge in [0.25, 0.3) is 0 Å². The second-order valence-electron chi connectivity index (χ2n) is 5.62. The highest BCUT2D eigenvalue weighted by Crippen LogP contribution is 2.30. The van der Waals surface area contributed by atoms with Crippen LogP contribution in [0.1, 0.15) is 19.4 Å². The highest BCUT2D eigenvalue weighted by molar-refractivity contribution is 9.10. The van der Waals surface area contributed by atoms with Gasteiger partial charge >= 0.3 is 0 Å². The van der Waals surface area contributed by atoms with Crippen LogP contribution in [0.4, 0.5) is 11.5 Å². The lowest BCUT2D eigenvalue weighted by atomic mass is 10.2. The van der Waals surface area contributed by atoms with Gasteiger partial charge in [-0.1, -0.05) is 13.8 Å². The topological polar surface area (TPSA) is 45.4 Å². The number of hydrogen-bond acceptors (Lipinski definition) is 4. The Balaban J connectivity index is 2.99. The van der Waals surface area contributed by atoms with Crippen LogP contribution in [0.25, 0.3) is 0 Å². The van der Waals surface area contributed by atoms with Crippen molar-refractivity contribution in [2.75, 3.05) is 44.4 Å². The van der Waals surface area contributed by atoms with Gasteiger partial charge in [0.2, 0.25) is 0 Å². The van der Waals surface area contributed by atoms with Gasteiger partial charge in [-0.25, -0.2) is 4.98 Å². The van der Waals surface area contributed by atoms with Crippen LogP contribution in [-0.2, 0) is 0 Å². The van der Waals surface area contributed by atoms with Crippen LogP contribution in [0.3, 0.4) is 0 Å². The van der Waals surface area contributed by atoms with E-state index in [2.05, 4.69) is 58.7 Å². The zero-order valence-corrected chi connectivity index (χ0v) is 14.2. The number of hydrogen-bond donors (Lipinski definition) is 1. The third-order valence-electron chi connectivity index (χ3n) is 2.99. The maximum Gasteiger partial charge on any atom is 0.143 e. The molecule has 0 aliphatic rings. The quantitative estimate of drug-likeness (QED) is 0.872. The maximum atomic E-state index is 5.89. The number of likely N-dealkylation sites (N-methyl/N-ethyl adjacent to an activating group) is 1. The van der Waals surface area contributed by atoms with Gasteiger partial charge in [-0.2, -0.15) is 0 Å². The van der Waals surface area contributed by atoms with Crippen LogP contribution in [0.15, 0.2) is 10.7 Å². The Kier molecular flexibility index (Phi) is 6.07. The molecule has 1 aromatic rings. The lowest BCUT2D eigenvalue weighted by Gasteiger charge is -2.28.